The smallest absolute Gasteiger partial charge is 0.220 e. The number of guanidine groups is 1. The minimum absolute atomic E-state index is 0.131. The van der Waals surface area contributed by atoms with Gasteiger partial charge >= 0.3 is 0 Å². The summed E-state index contributed by atoms with van der Waals surface area (Å²) in [5.74, 6) is 4.03. The van der Waals surface area contributed by atoms with E-state index < -0.39 is 0 Å². The Morgan fingerprint density at radius 2 is 2.16 bits per heavy atom. The molecule has 0 saturated carbocycles. The maximum absolute atomic E-state index is 11.4. The molecule has 106 valence electrons. The number of piperidine rings is 1. The molecule has 0 aliphatic carbocycles. The van der Waals surface area contributed by atoms with Gasteiger partial charge in [0, 0.05) is 33.1 Å². The molecule has 0 atom stereocenters. The zero-order chi connectivity index (χ0) is 14.1. The Labute approximate surface area is 115 Å². The van der Waals surface area contributed by atoms with Crippen LogP contribution in [0.3, 0.4) is 0 Å². The molecule has 1 rings (SSSR count). The minimum Gasteiger partial charge on any atom is -0.359 e. The molecule has 0 bridgehead atoms. The molecule has 0 aromatic rings. The van der Waals surface area contributed by atoms with E-state index in [0.717, 1.165) is 38.4 Å². The maximum Gasteiger partial charge on any atom is 0.220 e. The highest BCUT2D eigenvalue weighted by atomic mass is 16.1. The van der Waals surface area contributed by atoms with Crippen LogP contribution < -0.4 is 10.6 Å². The Kier molecular flexibility index (Phi) is 6.80. The van der Waals surface area contributed by atoms with Crippen LogP contribution in [0.2, 0.25) is 0 Å². The van der Waals surface area contributed by atoms with Gasteiger partial charge in [0.25, 0.3) is 0 Å². The van der Waals surface area contributed by atoms with Gasteiger partial charge in [-0.15, -0.1) is 6.42 Å². The van der Waals surface area contributed by atoms with E-state index in [9.17, 15) is 4.79 Å². The summed E-state index contributed by atoms with van der Waals surface area (Å²) in [7, 11) is 1.69. The van der Waals surface area contributed by atoms with Crippen LogP contribution in [0.5, 0.6) is 0 Å². The zero-order valence-electron chi connectivity index (χ0n) is 11.9. The molecule has 0 aromatic heterocycles. The largest absolute Gasteiger partial charge is 0.359 e. The molecular weight excluding hydrogens is 240 g/mol. The fourth-order valence-corrected chi connectivity index (χ4v) is 2.26. The number of nitrogens with one attached hydrogen (secondary N) is 2. The normalized spacial score (nSPS) is 16.9. The highest BCUT2D eigenvalue weighted by Crippen LogP contribution is 2.20. The maximum atomic E-state index is 11.4. The van der Waals surface area contributed by atoms with Crippen LogP contribution in [-0.2, 0) is 4.79 Å². The standard InChI is InChI=1S/C14H24N4O/c1-4-8-17-14(16-5-2)18-9-6-12(7-10-18)11-13(19)15-3/h1,12H,5-11H2,2-3H3,(H,15,19)(H,16,17). The Morgan fingerprint density at radius 1 is 1.47 bits per heavy atom. The van der Waals surface area contributed by atoms with Crippen molar-refractivity contribution in [3.63, 3.8) is 0 Å². The van der Waals surface area contributed by atoms with Gasteiger partial charge in [-0.25, -0.2) is 4.99 Å². The molecule has 19 heavy (non-hydrogen) atoms. The first-order valence-electron chi connectivity index (χ1n) is 6.88. The number of carbonyl (C=O) groups excluding carboxylic acids is 1. The predicted octanol–water partition coefficient (Wildman–Crippen LogP) is 0.433. The van der Waals surface area contributed by atoms with Crippen molar-refractivity contribution < 1.29 is 4.79 Å². The van der Waals surface area contributed by atoms with Gasteiger partial charge < -0.3 is 15.5 Å². The highest BCUT2D eigenvalue weighted by molar-refractivity contribution is 5.80. The topological polar surface area (TPSA) is 56.7 Å². The lowest BCUT2D eigenvalue weighted by Gasteiger charge is -2.34. The second kappa shape index (κ2) is 8.41. The van der Waals surface area contributed by atoms with Crippen LogP contribution in [0, 0.1) is 18.3 Å². The third-order valence-corrected chi connectivity index (χ3v) is 3.32. The van der Waals surface area contributed by atoms with Gasteiger partial charge in [0.15, 0.2) is 5.96 Å². The first kappa shape index (κ1) is 15.4. The first-order valence-corrected chi connectivity index (χ1v) is 6.88. The van der Waals surface area contributed by atoms with E-state index in [1.54, 1.807) is 7.05 Å². The molecule has 1 aliphatic rings. The Hall–Kier alpha value is -1.70. The number of hydrogen-bond donors (Lipinski definition) is 2. The van der Waals surface area contributed by atoms with Crippen molar-refractivity contribution in [2.24, 2.45) is 10.9 Å². The minimum atomic E-state index is 0.131. The van der Waals surface area contributed by atoms with E-state index in [4.69, 9.17) is 6.42 Å². The fraction of sp³-hybridized carbons (Fsp3) is 0.714. The summed E-state index contributed by atoms with van der Waals surface area (Å²) in [4.78, 5) is 18.0. The molecular formula is C14H24N4O. The molecule has 1 aliphatic heterocycles. The third-order valence-electron chi connectivity index (χ3n) is 3.32. The lowest BCUT2D eigenvalue weighted by atomic mass is 9.93. The summed E-state index contributed by atoms with van der Waals surface area (Å²) >= 11 is 0. The number of carbonyl (C=O) groups is 1. The molecule has 2 N–H and O–H groups in total. The Morgan fingerprint density at radius 3 is 2.68 bits per heavy atom. The van der Waals surface area contributed by atoms with Gasteiger partial charge in [-0.3, -0.25) is 4.79 Å². The fourth-order valence-electron chi connectivity index (χ4n) is 2.26. The molecule has 0 spiro atoms. The van der Waals surface area contributed by atoms with Crippen molar-refractivity contribution in [1.29, 1.82) is 0 Å². The molecule has 5 nitrogen and oxygen atoms in total. The van der Waals surface area contributed by atoms with Crippen LogP contribution >= 0.6 is 0 Å². The zero-order valence-corrected chi connectivity index (χ0v) is 11.9. The number of aliphatic imine (C=N–C) groups is 1. The summed E-state index contributed by atoms with van der Waals surface area (Å²) in [6, 6.07) is 0. The Balaban J connectivity index is 2.46. The number of rotatable bonds is 4. The summed E-state index contributed by atoms with van der Waals surface area (Å²) in [6.07, 6.45) is 7.92. The molecule has 0 radical (unpaired) electrons. The van der Waals surface area contributed by atoms with Gasteiger partial charge in [-0.05, 0) is 25.7 Å². The van der Waals surface area contributed by atoms with Gasteiger partial charge in [-0.1, -0.05) is 5.92 Å². The average molecular weight is 264 g/mol. The van der Waals surface area contributed by atoms with E-state index in [2.05, 4.69) is 26.4 Å². The molecule has 5 heteroatoms. The first-order chi connectivity index (χ1) is 9.21. The monoisotopic (exact) mass is 264 g/mol. The van der Waals surface area contributed by atoms with Gasteiger partial charge in [-0.2, -0.15) is 0 Å². The summed E-state index contributed by atoms with van der Waals surface area (Å²) < 4.78 is 0. The van der Waals surface area contributed by atoms with Crippen LogP contribution in [0.1, 0.15) is 26.2 Å². The highest BCUT2D eigenvalue weighted by Gasteiger charge is 2.22. The third kappa shape index (κ3) is 5.21. The van der Waals surface area contributed by atoms with E-state index in [0.29, 0.717) is 18.9 Å². The van der Waals surface area contributed by atoms with Crippen LogP contribution in [0.15, 0.2) is 4.99 Å². The quantitative estimate of drug-likeness (QED) is 0.440. The average Bonchev–Trinajstić information content (AvgIpc) is 2.44. The van der Waals surface area contributed by atoms with E-state index >= 15 is 0 Å². The second-order valence-corrected chi connectivity index (χ2v) is 4.68. The molecule has 0 aromatic carbocycles. The van der Waals surface area contributed by atoms with Gasteiger partial charge in [0.2, 0.25) is 5.91 Å². The lowest BCUT2D eigenvalue weighted by Crippen LogP contribution is -2.46. The van der Waals surface area contributed by atoms with Crippen molar-refractivity contribution in [3.05, 3.63) is 0 Å². The molecule has 0 unspecified atom stereocenters. The van der Waals surface area contributed by atoms with Crippen molar-refractivity contribution in [1.82, 2.24) is 15.5 Å². The number of hydrogen-bond acceptors (Lipinski definition) is 2. The summed E-state index contributed by atoms with van der Waals surface area (Å²) in [5, 5.41) is 5.94. The molecule has 1 saturated heterocycles. The van der Waals surface area contributed by atoms with E-state index in [-0.39, 0.29) is 5.91 Å². The van der Waals surface area contributed by atoms with Crippen LogP contribution in [0.4, 0.5) is 0 Å². The number of likely N-dealkylation sites (tertiary alicyclic amines) is 1. The van der Waals surface area contributed by atoms with E-state index in [1.807, 2.05) is 6.92 Å². The van der Waals surface area contributed by atoms with Gasteiger partial charge in [0.05, 0.1) is 0 Å². The summed E-state index contributed by atoms with van der Waals surface area (Å²) in [6.45, 7) is 5.14. The SMILES string of the molecule is C#CCN=C(NCC)N1CCC(CC(=O)NC)CC1. The van der Waals surface area contributed by atoms with Crippen LogP contribution in [-0.4, -0.2) is 50.0 Å². The number of terminal acetylenes is 1. The van der Waals surface area contributed by atoms with Crippen molar-refractivity contribution in [2.45, 2.75) is 26.2 Å². The van der Waals surface area contributed by atoms with Crippen molar-refractivity contribution >= 4 is 11.9 Å². The van der Waals surface area contributed by atoms with Crippen molar-refractivity contribution in [2.75, 3.05) is 33.2 Å². The Bertz CT molecular complexity index is 351. The second-order valence-electron chi connectivity index (χ2n) is 4.68. The van der Waals surface area contributed by atoms with Crippen molar-refractivity contribution in [3.8, 4) is 12.3 Å². The molecule has 1 fully saturated rings. The summed E-state index contributed by atoms with van der Waals surface area (Å²) in [5.41, 5.74) is 0. The number of amides is 1. The van der Waals surface area contributed by atoms with Gasteiger partial charge in [0.1, 0.15) is 6.54 Å². The molecule has 1 amide bonds. The molecule has 1 heterocycles. The predicted molar refractivity (Wildman–Crippen MR) is 77.8 cm³/mol. The van der Waals surface area contributed by atoms with Crippen LogP contribution in [0.25, 0.3) is 0 Å². The van der Waals surface area contributed by atoms with E-state index in [1.165, 1.54) is 0 Å². The number of nitrogens with zero attached hydrogens (tertiary/aromatic N) is 2. The lowest BCUT2D eigenvalue weighted by molar-refractivity contribution is -0.121.